The lowest BCUT2D eigenvalue weighted by Gasteiger charge is -2.19. The number of carbonyl (C=O) groups is 1. The molecule has 0 unspecified atom stereocenters. The highest BCUT2D eigenvalue weighted by Gasteiger charge is 2.17. The number of benzene rings is 1. The predicted octanol–water partition coefficient (Wildman–Crippen LogP) is 15.9. The van der Waals surface area contributed by atoms with E-state index < -0.39 is 5.60 Å². The zero-order chi connectivity index (χ0) is 39.4. The molecule has 0 fully saturated rings. The van der Waals surface area contributed by atoms with E-state index >= 15 is 0 Å². The Morgan fingerprint density at radius 1 is 0.463 bits per heavy atom. The molecule has 0 saturated carbocycles. The second kappa shape index (κ2) is 35.3. The molecule has 54 heavy (non-hydrogen) atoms. The van der Waals surface area contributed by atoms with Crippen LogP contribution in [0.4, 0.5) is 0 Å². The molecule has 0 bridgehead atoms. The van der Waals surface area contributed by atoms with E-state index in [0.29, 0.717) is 31.3 Å². The molecule has 0 aliphatic carbocycles. The molecule has 314 valence electrons. The van der Waals surface area contributed by atoms with Gasteiger partial charge in [0, 0.05) is 18.2 Å². The second-order valence-electron chi connectivity index (χ2n) is 16.8. The molecule has 5 nitrogen and oxygen atoms in total. The second-order valence-corrected chi connectivity index (χ2v) is 16.8. The van der Waals surface area contributed by atoms with Crippen LogP contribution in [0.15, 0.2) is 18.2 Å². The number of rotatable bonds is 38. The molecule has 0 radical (unpaired) electrons. The summed E-state index contributed by atoms with van der Waals surface area (Å²) in [4.78, 5) is 12.8. The van der Waals surface area contributed by atoms with Crippen LogP contribution in [-0.2, 0) is 9.53 Å². The molecule has 0 amide bonds. The Hall–Kier alpha value is -2.17. The molecule has 5 heteroatoms. The summed E-state index contributed by atoms with van der Waals surface area (Å²) in [7, 11) is 0. The van der Waals surface area contributed by atoms with E-state index in [4.69, 9.17) is 18.9 Å². The molecule has 0 aliphatic rings. The quantitative estimate of drug-likeness (QED) is 0.0382. The Morgan fingerprint density at radius 2 is 0.759 bits per heavy atom. The predicted molar refractivity (Wildman–Crippen MR) is 233 cm³/mol. The molecule has 0 heterocycles. The van der Waals surface area contributed by atoms with Crippen LogP contribution in [0, 0.1) is 0 Å². The fourth-order valence-electron chi connectivity index (χ4n) is 6.87. The molecule has 1 aromatic rings. The van der Waals surface area contributed by atoms with E-state index in [2.05, 4.69) is 20.8 Å². The molecule has 0 saturated heterocycles. The fraction of sp³-hybridized carbons (Fsp3) is 0.816. The third-order valence-electron chi connectivity index (χ3n) is 10.1. The van der Waals surface area contributed by atoms with E-state index in [1.165, 1.54) is 167 Å². The van der Waals surface area contributed by atoms with Crippen LogP contribution < -0.4 is 14.2 Å². The summed E-state index contributed by atoms with van der Waals surface area (Å²) < 4.78 is 24.9. The normalized spacial score (nSPS) is 11.7. The zero-order valence-electron chi connectivity index (χ0n) is 36.7. The average molecular weight is 757 g/mol. The van der Waals surface area contributed by atoms with Crippen molar-refractivity contribution in [3.05, 3.63) is 23.8 Å². The first-order valence-electron chi connectivity index (χ1n) is 23.3. The Kier molecular flexibility index (Phi) is 32.5. The minimum Gasteiger partial charge on any atom is -0.493 e. The van der Waals surface area contributed by atoms with Gasteiger partial charge in [-0.2, -0.15) is 0 Å². The van der Waals surface area contributed by atoms with Crippen molar-refractivity contribution >= 4 is 12.0 Å². The van der Waals surface area contributed by atoms with Crippen molar-refractivity contribution in [1.29, 1.82) is 0 Å². The van der Waals surface area contributed by atoms with Gasteiger partial charge in [-0.3, -0.25) is 0 Å². The lowest BCUT2D eigenvalue weighted by atomic mass is 10.1. The van der Waals surface area contributed by atoms with Crippen LogP contribution in [0.1, 0.15) is 240 Å². The minimum atomic E-state index is -0.558. The van der Waals surface area contributed by atoms with Crippen molar-refractivity contribution < 1.29 is 23.7 Å². The summed E-state index contributed by atoms with van der Waals surface area (Å²) in [5.74, 6) is 1.83. The van der Waals surface area contributed by atoms with Crippen molar-refractivity contribution in [2.24, 2.45) is 0 Å². The van der Waals surface area contributed by atoms with Gasteiger partial charge in [-0.15, -0.1) is 0 Å². The zero-order valence-corrected chi connectivity index (χ0v) is 36.7. The summed E-state index contributed by atoms with van der Waals surface area (Å²) in [5.41, 5.74) is 0.226. The Balaban J connectivity index is 2.88. The van der Waals surface area contributed by atoms with Gasteiger partial charge >= 0.3 is 5.97 Å². The molecule has 0 aliphatic heterocycles. The van der Waals surface area contributed by atoms with Gasteiger partial charge in [0.15, 0.2) is 0 Å². The van der Waals surface area contributed by atoms with Gasteiger partial charge in [0.1, 0.15) is 22.8 Å². The van der Waals surface area contributed by atoms with Gasteiger partial charge in [0.25, 0.3) is 0 Å². The van der Waals surface area contributed by atoms with Crippen LogP contribution in [0.2, 0.25) is 0 Å². The molecule has 0 N–H and O–H groups in total. The highest BCUT2D eigenvalue weighted by Crippen LogP contribution is 2.36. The van der Waals surface area contributed by atoms with Gasteiger partial charge in [0.2, 0.25) is 0 Å². The Morgan fingerprint density at radius 3 is 1.07 bits per heavy atom. The Labute approximate surface area is 335 Å². The van der Waals surface area contributed by atoms with Crippen molar-refractivity contribution in [2.45, 2.75) is 240 Å². The highest BCUT2D eigenvalue weighted by molar-refractivity contribution is 5.88. The maximum atomic E-state index is 12.8. The number of hydrogen-bond donors (Lipinski definition) is 0. The van der Waals surface area contributed by atoms with E-state index in [-0.39, 0.29) is 5.97 Å². The first kappa shape index (κ1) is 49.8. The number of esters is 1. The monoisotopic (exact) mass is 757 g/mol. The molecular formula is C49H88O5. The van der Waals surface area contributed by atoms with Crippen molar-refractivity contribution in [3.63, 3.8) is 0 Å². The molecule has 0 aromatic heterocycles. The first-order chi connectivity index (χ1) is 26.3. The van der Waals surface area contributed by atoms with E-state index in [0.717, 1.165) is 43.4 Å². The smallest absolute Gasteiger partial charge is 0.331 e. The minimum absolute atomic E-state index is 0.370. The summed E-state index contributed by atoms with van der Waals surface area (Å²) in [6, 6.07) is 3.99. The summed E-state index contributed by atoms with van der Waals surface area (Å²) >= 11 is 0. The lowest BCUT2D eigenvalue weighted by Crippen LogP contribution is -2.22. The molecule has 1 aromatic carbocycles. The average Bonchev–Trinajstić information content (AvgIpc) is 3.13. The third kappa shape index (κ3) is 30.1. The maximum absolute atomic E-state index is 12.8. The van der Waals surface area contributed by atoms with Gasteiger partial charge in [-0.05, 0) is 46.1 Å². The molecule has 0 spiro atoms. The SMILES string of the molecule is CCCCCCCCCCCCOc1cc(OCCCCCCCCCCCC)c(C=CC(=O)OC(C)(C)C)c(OCCCCCCCCCCCC)c1. The molecule has 0 atom stereocenters. The standard InChI is InChI=1S/C49H88O5/c1-7-10-13-16-19-22-25-28-31-34-39-51-44-42-46(52-40-35-32-29-26-23-20-17-14-11-8-2)45(37-38-48(50)54-49(4,5)6)47(43-44)53-41-36-33-30-27-24-21-18-15-12-9-3/h37-38,42-43H,7-36,39-41H2,1-6H3. The number of hydrogen-bond acceptors (Lipinski definition) is 5. The number of unbranched alkanes of at least 4 members (excludes halogenated alkanes) is 27. The van der Waals surface area contributed by atoms with Gasteiger partial charge in [-0.1, -0.05) is 194 Å². The molecule has 1 rings (SSSR count). The van der Waals surface area contributed by atoms with Gasteiger partial charge < -0.3 is 18.9 Å². The van der Waals surface area contributed by atoms with Gasteiger partial charge in [0.05, 0.1) is 25.4 Å². The van der Waals surface area contributed by atoms with E-state index in [9.17, 15) is 4.79 Å². The summed E-state index contributed by atoms with van der Waals surface area (Å²) in [6.45, 7) is 14.4. The fourth-order valence-corrected chi connectivity index (χ4v) is 6.87. The summed E-state index contributed by atoms with van der Waals surface area (Å²) in [6.07, 6.45) is 42.0. The van der Waals surface area contributed by atoms with Gasteiger partial charge in [-0.25, -0.2) is 4.79 Å². The lowest BCUT2D eigenvalue weighted by molar-refractivity contribution is -0.148. The maximum Gasteiger partial charge on any atom is 0.331 e. The largest absolute Gasteiger partial charge is 0.493 e. The third-order valence-corrected chi connectivity index (χ3v) is 10.1. The first-order valence-corrected chi connectivity index (χ1v) is 23.3. The van der Waals surface area contributed by atoms with E-state index in [1.54, 1.807) is 0 Å². The molecular weight excluding hydrogens is 669 g/mol. The summed E-state index contributed by atoms with van der Waals surface area (Å²) in [5, 5.41) is 0. The van der Waals surface area contributed by atoms with Crippen LogP contribution in [0.25, 0.3) is 6.08 Å². The number of ether oxygens (including phenoxy) is 4. The Bertz CT molecular complexity index is 978. The topological polar surface area (TPSA) is 54.0 Å². The van der Waals surface area contributed by atoms with Crippen LogP contribution in [0.3, 0.4) is 0 Å². The van der Waals surface area contributed by atoms with Crippen molar-refractivity contribution in [2.75, 3.05) is 19.8 Å². The van der Waals surface area contributed by atoms with Crippen LogP contribution >= 0.6 is 0 Å². The van der Waals surface area contributed by atoms with Crippen molar-refractivity contribution in [1.82, 2.24) is 0 Å². The van der Waals surface area contributed by atoms with Crippen LogP contribution in [-0.4, -0.2) is 31.4 Å². The van der Waals surface area contributed by atoms with Crippen LogP contribution in [0.5, 0.6) is 17.2 Å². The number of carbonyl (C=O) groups excluding carboxylic acids is 1. The van der Waals surface area contributed by atoms with Crippen molar-refractivity contribution in [3.8, 4) is 17.2 Å². The van der Waals surface area contributed by atoms with E-state index in [1.807, 2.05) is 39.0 Å². The highest BCUT2D eigenvalue weighted by atomic mass is 16.6.